The van der Waals surface area contributed by atoms with Crippen LogP contribution >= 0.6 is 0 Å². The molecule has 0 spiro atoms. The molecule has 2 aromatic carbocycles. The minimum atomic E-state index is -0.603. The first-order valence-electron chi connectivity index (χ1n) is 9.66. The van der Waals surface area contributed by atoms with Gasteiger partial charge in [-0.3, -0.25) is 4.98 Å². The highest BCUT2D eigenvalue weighted by atomic mass is 16.5. The molecule has 0 unspecified atom stereocenters. The van der Waals surface area contributed by atoms with Gasteiger partial charge in [-0.25, -0.2) is 4.98 Å². The summed E-state index contributed by atoms with van der Waals surface area (Å²) in [5, 5.41) is 11.7. The van der Waals surface area contributed by atoms with Crippen LogP contribution in [0.25, 0.3) is 10.9 Å². The van der Waals surface area contributed by atoms with Crippen molar-refractivity contribution in [2.45, 2.75) is 25.0 Å². The van der Waals surface area contributed by atoms with Crippen molar-refractivity contribution in [3.8, 4) is 17.4 Å². The molecule has 0 bridgehead atoms. The standard InChI is InChI=1S/C24H20N2O3/c27-22-14-19(12-16-4-3-11-25-15-16)28-23-9-8-18(13-20(22)23)29-24-10-7-17-5-1-2-6-21(17)26-24/h1-11,13,15,19,22,27H,12,14H2/t19-,22+/m0/s1. The maximum atomic E-state index is 10.7. The predicted octanol–water partition coefficient (Wildman–Crippen LogP) is 4.85. The van der Waals surface area contributed by atoms with Crippen LogP contribution in [0, 0.1) is 0 Å². The van der Waals surface area contributed by atoms with E-state index < -0.39 is 6.10 Å². The second-order valence-corrected chi connectivity index (χ2v) is 7.20. The van der Waals surface area contributed by atoms with E-state index in [-0.39, 0.29) is 6.10 Å². The van der Waals surface area contributed by atoms with E-state index in [1.54, 1.807) is 6.20 Å². The zero-order valence-electron chi connectivity index (χ0n) is 15.7. The third kappa shape index (κ3) is 3.77. The van der Waals surface area contributed by atoms with E-state index in [0.717, 1.165) is 22.0 Å². The number of aliphatic hydroxyl groups excluding tert-OH is 1. The van der Waals surface area contributed by atoms with Gasteiger partial charge in [0.25, 0.3) is 0 Å². The van der Waals surface area contributed by atoms with Gasteiger partial charge in [-0.05, 0) is 42.0 Å². The van der Waals surface area contributed by atoms with Crippen LogP contribution in [0.1, 0.15) is 23.7 Å². The number of aliphatic hydroxyl groups is 1. The number of pyridine rings is 2. The molecule has 5 heteroatoms. The number of hydrogen-bond donors (Lipinski definition) is 1. The lowest BCUT2D eigenvalue weighted by molar-refractivity contribution is 0.0660. The lowest BCUT2D eigenvalue weighted by Gasteiger charge is -2.30. The fourth-order valence-electron chi connectivity index (χ4n) is 3.69. The van der Waals surface area contributed by atoms with Gasteiger partial charge in [-0.1, -0.05) is 24.3 Å². The number of ether oxygens (including phenoxy) is 2. The van der Waals surface area contributed by atoms with Crippen LogP contribution in [-0.4, -0.2) is 21.2 Å². The third-order valence-corrected chi connectivity index (χ3v) is 5.10. The Bertz CT molecular complexity index is 1150. The Hall–Kier alpha value is -3.44. The highest BCUT2D eigenvalue weighted by Gasteiger charge is 2.27. The number of nitrogens with zero attached hydrogens (tertiary/aromatic N) is 2. The molecule has 2 atom stereocenters. The maximum Gasteiger partial charge on any atom is 0.219 e. The monoisotopic (exact) mass is 384 g/mol. The Kier molecular flexibility index (Phi) is 4.58. The molecule has 1 aliphatic heterocycles. The molecule has 29 heavy (non-hydrogen) atoms. The van der Waals surface area contributed by atoms with Crippen LogP contribution in [0.5, 0.6) is 17.4 Å². The molecule has 4 aromatic rings. The van der Waals surface area contributed by atoms with Gasteiger partial charge in [0, 0.05) is 42.3 Å². The zero-order chi connectivity index (χ0) is 19.6. The summed E-state index contributed by atoms with van der Waals surface area (Å²) in [6.07, 6.45) is 4.13. The second-order valence-electron chi connectivity index (χ2n) is 7.20. The molecule has 0 saturated carbocycles. The molecule has 1 N–H and O–H groups in total. The number of aromatic nitrogens is 2. The smallest absolute Gasteiger partial charge is 0.219 e. The zero-order valence-corrected chi connectivity index (χ0v) is 15.7. The first-order chi connectivity index (χ1) is 14.2. The highest BCUT2D eigenvalue weighted by Crippen LogP contribution is 2.38. The normalized spacial score (nSPS) is 18.1. The van der Waals surface area contributed by atoms with Crippen molar-refractivity contribution in [3.05, 3.63) is 90.3 Å². The molecule has 3 heterocycles. The van der Waals surface area contributed by atoms with E-state index in [9.17, 15) is 5.11 Å². The molecule has 5 rings (SSSR count). The maximum absolute atomic E-state index is 10.7. The van der Waals surface area contributed by atoms with E-state index in [1.807, 2.05) is 72.9 Å². The summed E-state index contributed by atoms with van der Waals surface area (Å²) in [5.74, 6) is 1.83. The number of fused-ring (bicyclic) bond motifs is 2. The molecular weight excluding hydrogens is 364 g/mol. The van der Waals surface area contributed by atoms with Gasteiger partial charge in [0.15, 0.2) is 0 Å². The molecule has 0 amide bonds. The van der Waals surface area contributed by atoms with E-state index in [2.05, 4.69) is 9.97 Å². The van der Waals surface area contributed by atoms with Crippen LogP contribution in [0.3, 0.4) is 0 Å². The molecule has 0 fully saturated rings. The number of rotatable bonds is 4. The first kappa shape index (κ1) is 17.6. The largest absolute Gasteiger partial charge is 0.490 e. The fraction of sp³-hybridized carbons (Fsp3) is 0.167. The van der Waals surface area contributed by atoms with E-state index in [0.29, 0.717) is 30.2 Å². The lowest BCUT2D eigenvalue weighted by atomic mass is 9.95. The van der Waals surface area contributed by atoms with Crippen molar-refractivity contribution < 1.29 is 14.6 Å². The Morgan fingerprint density at radius 3 is 2.86 bits per heavy atom. The average molecular weight is 384 g/mol. The van der Waals surface area contributed by atoms with Gasteiger partial charge in [0.2, 0.25) is 5.88 Å². The summed E-state index contributed by atoms with van der Waals surface area (Å²) < 4.78 is 12.0. The Morgan fingerprint density at radius 2 is 1.97 bits per heavy atom. The topological polar surface area (TPSA) is 64.5 Å². The van der Waals surface area contributed by atoms with Crippen molar-refractivity contribution in [1.29, 1.82) is 0 Å². The van der Waals surface area contributed by atoms with Gasteiger partial charge < -0.3 is 14.6 Å². The van der Waals surface area contributed by atoms with Crippen LogP contribution in [0.2, 0.25) is 0 Å². The number of hydrogen-bond acceptors (Lipinski definition) is 5. The van der Waals surface area contributed by atoms with Gasteiger partial charge in [-0.15, -0.1) is 0 Å². The number of para-hydroxylation sites is 1. The average Bonchev–Trinajstić information content (AvgIpc) is 2.75. The highest BCUT2D eigenvalue weighted by molar-refractivity contribution is 5.78. The van der Waals surface area contributed by atoms with E-state index >= 15 is 0 Å². The van der Waals surface area contributed by atoms with E-state index in [4.69, 9.17) is 9.47 Å². The third-order valence-electron chi connectivity index (χ3n) is 5.10. The van der Waals surface area contributed by atoms with Crippen molar-refractivity contribution in [2.75, 3.05) is 0 Å². The summed E-state index contributed by atoms with van der Waals surface area (Å²) in [5.41, 5.74) is 2.71. The summed E-state index contributed by atoms with van der Waals surface area (Å²) in [6.45, 7) is 0. The Morgan fingerprint density at radius 1 is 1.03 bits per heavy atom. The van der Waals surface area contributed by atoms with E-state index in [1.165, 1.54) is 0 Å². The van der Waals surface area contributed by atoms with Crippen molar-refractivity contribution in [2.24, 2.45) is 0 Å². The molecule has 144 valence electrons. The van der Waals surface area contributed by atoms with Crippen molar-refractivity contribution >= 4 is 10.9 Å². The van der Waals surface area contributed by atoms with Crippen LogP contribution < -0.4 is 9.47 Å². The molecule has 1 aliphatic rings. The minimum Gasteiger partial charge on any atom is -0.490 e. The molecule has 5 nitrogen and oxygen atoms in total. The van der Waals surface area contributed by atoms with Gasteiger partial charge in [-0.2, -0.15) is 0 Å². The lowest BCUT2D eigenvalue weighted by Crippen LogP contribution is -2.27. The molecule has 2 aromatic heterocycles. The van der Waals surface area contributed by atoms with Gasteiger partial charge in [0.1, 0.15) is 17.6 Å². The van der Waals surface area contributed by atoms with Crippen LogP contribution in [-0.2, 0) is 6.42 Å². The summed E-state index contributed by atoms with van der Waals surface area (Å²) >= 11 is 0. The summed E-state index contributed by atoms with van der Waals surface area (Å²) in [4.78, 5) is 8.68. The first-order valence-corrected chi connectivity index (χ1v) is 9.66. The SMILES string of the molecule is O[C@@H]1C[C@H](Cc2cccnc2)Oc2ccc(Oc3ccc4ccccc4n3)cc21. The second kappa shape index (κ2) is 7.53. The fourth-order valence-corrected chi connectivity index (χ4v) is 3.69. The van der Waals surface area contributed by atoms with Crippen molar-refractivity contribution in [1.82, 2.24) is 9.97 Å². The molecule has 0 radical (unpaired) electrons. The molecular formula is C24H20N2O3. The minimum absolute atomic E-state index is 0.0874. The summed E-state index contributed by atoms with van der Waals surface area (Å²) in [7, 11) is 0. The van der Waals surface area contributed by atoms with Crippen LogP contribution in [0.4, 0.5) is 0 Å². The van der Waals surface area contributed by atoms with Gasteiger partial charge in [0.05, 0.1) is 11.6 Å². The van der Waals surface area contributed by atoms with Gasteiger partial charge >= 0.3 is 0 Å². The van der Waals surface area contributed by atoms with Crippen LogP contribution in [0.15, 0.2) is 79.1 Å². The Labute approximate surface area is 168 Å². The quantitative estimate of drug-likeness (QED) is 0.545. The molecule has 0 saturated heterocycles. The summed E-state index contributed by atoms with van der Waals surface area (Å²) in [6, 6.07) is 21.2. The molecule has 0 aliphatic carbocycles. The predicted molar refractivity (Wildman–Crippen MR) is 110 cm³/mol. The number of benzene rings is 2. The van der Waals surface area contributed by atoms with Crippen molar-refractivity contribution in [3.63, 3.8) is 0 Å². The Balaban J connectivity index is 1.35.